The predicted molar refractivity (Wildman–Crippen MR) is 59.2 cm³/mol. The molecule has 0 bridgehead atoms. The van der Waals surface area contributed by atoms with E-state index in [4.69, 9.17) is 9.78 Å². The van der Waals surface area contributed by atoms with Crippen molar-refractivity contribution in [2.24, 2.45) is 0 Å². The van der Waals surface area contributed by atoms with Gasteiger partial charge in [0, 0.05) is 5.69 Å². The Kier molecular flexibility index (Phi) is 2.75. The molecule has 0 saturated carbocycles. The van der Waals surface area contributed by atoms with Crippen molar-refractivity contribution in [1.82, 2.24) is 15.5 Å². The highest BCUT2D eigenvalue weighted by Crippen LogP contribution is 2.21. The summed E-state index contributed by atoms with van der Waals surface area (Å²) < 4.78 is 5.02. The molecular formula is C11H10N4O2. The van der Waals surface area contributed by atoms with Crippen LogP contribution < -0.4 is 5.32 Å². The number of pyridine rings is 1. The highest BCUT2D eigenvalue weighted by molar-refractivity contribution is 6.06. The van der Waals surface area contributed by atoms with Crippen LogP contribution >= 0.6 is 0 Å². The third-order valence-electron chi connectivity index (χ3n) is 2.32. The quantitative estimate of drug-likeness (QED) is 0.779. The van der Waals surface area contributed by atoms with Crippen LogP contribution in [0.15, 0.2) is 10.6 Å². The Bertz CT molecular complexity index is 624. The Labute approximate surface area is 97.2 Å². The molecule has 2 aromatic heterocycles. The van der Waals surface area contributed by atoms with E-state index in [1.807, 2.05) is 6.07 Å². The molecule has 0 spiro atoms. The largest absolute Gasteiger partial charge is 0.339 e. The summed E-state index contributed by atoms with van der Waals surface area (Å²) in [5.74, 6) is -0.326. The summed E-state index contributed by atoms with van der Waals surface area (Å²) in [4.78, 5) is 16.0. The van der Waals surface area contributed by atoms with E-state index in [-0.39, 0.29) is 12.5 Å². The Hall–Kier alpha value is -2.42. The number of nitrogens with zero attached hydrogens (tertiary/aromatic N) is 3. The van der Waals surface area contributed by atoms with Crippen molar-refractivity contribution < 1.29 is 9.32 Å². The van der Waals surface area contributed by atoms with Crippen LogP contribution in [0.3, 0.4) is 0 Å². The second-order valence-electron chi connectivity index (χ2n) is 3.60. The minimum Gasteiger partial charge on any atom is -0.339 e. The monoisotopic (exact) mass is 230 g/mol. The molecule has 0 unspecified atom stereocenters. The van der Waals surface area contributed by atoms with Gasteiger partial charge in [0.15, 0.2) is 0 Å². The van der Waals surface area contributed by atoms with E-state index >= 15 is 0 Å². The number of carbonyl (C=O) groups is 1. The Morgan fingerprint density at radius 2 is 2.35 bits per heavy atom. The summed E-state index contributed by atoms with van der Waals surface area (Å²) in [5, 5.41) is 15.3. The molecule has 1 N–H and O–H groups in total. The standard InChI is InChI=1S/C11H10N4O2/c1-6-5-8(10(16)13-4-3-12)9-7(2)15-17-11(9)14-6/h5H,4H2,1-2H3,(H,13,16). The third kappa shape index (κ3) is 1.95. The van der Waals surface area contributed by atoms with Crippen LogP contribution in [0.5, 0.6) is 0 Å². The molecule has 0 atom stereocenters. The summed E-state index contributed by atoms with van der Waals surface area (Å²) >= 11 is 0. The van der Waals surface area contributed by atoms with Crippen molar-refractivity contribution >= 4 is 17.0 Å². The molecular weight excluding hydrogens is 220 g/mol. The number of nitriles is 1. The van der Waals surface area contributed by atoms with Crippen molar-refractivity contribution in [2.75, 3.05) is 6.54 Å². The summed E-state index contributed by atoms with van der Waals surface area (Å²) in [7, 11) is 0. The lowest BCUT2D eigenvalue weighted by Crippen LogP contribution is -2.24. The molecule has 2 rings (SSSR count). The molecule has 0 aliphatic carbocycles. The number of rotatable bonds is 2. The predicted octanol–water partition coefficient (Wildman–Crippen LogP) is 1.09. The molecule has 86 valence electrons. The number of nitrogens with one attached hydrogen (secondary N) is 1. The first-order valence-corrected chi connectivity index (χ1v) is 5.02. The molecule has 17 heavy (non-hydrogen) atoms. The van der Waals surface area contributed by atoms with Gasteiger partial charge in [-0.15, -0.1) is 0 Å². The average molecular weight is 230 g/mol. The number of aromatic nitrogens is 2. The molecule has 0 saturated heterocycles. The molecule has 2 aromatic rings. The fraction of sp³-hybridized carbons (Fsp3) is 0.273. The van der Waals surface area contributed by atoms with Crippen molar-refractivity contribution in [3.63, 3.8) is 0 Å². The molecule has 2 heterocycles. The van der Waals surface area contributed by atoms with Crippen LogP contribution in [0.4, 0.5) is 0 Å². The zero-order valence-corrected chi connectivity index (χ0v) is 9.44. The van der Waals surface area contributed by atoms with Gasteiger partial charge in [-0.25, -0.2) is 4.98 Å². The van der Waals surface area contributed by atoms with E-state index in [0.717, 1.165) is 0 Å². The number of hydrogen-bond acceptors (Lipinski definition) is 5. The third-order valence-corrected chi connectivity index (χ3v) is 2.32. The number of aryl methyl sites for hydroxylation is 2. The molecule has 0 radical (unpaired) electrons. The van der Waals surface area contributed by atoms with Crippen molar-refractivity contribution in [1.29, 1.82) is 5.26 Å². The number of carbonyl (C=O) groups excluding carboxylic acids is 1. The Balaban J connectivity index is 2.55. The van der Waals surface area contributed by atoms with E-state index in [1.165, 1.54) is 0 Å². The van der Waals surface area contributed by atoms with Gasteiger partial charge in [-0.1, -0.05) is 5.16 Å². The number of hydrogen-bond donors (Lipinski definition) is 1. The van der Waals surface area contributed by atoms with Crippen LogP contribution in [0, 0.1) is 25.2 Å². The maximum absolute atomic E-state index is 11.9. The van der Waals surface area contributed by atoms with Crippen LogP contribution in [-0.4, -0.2) is 22.6 Å². The summed E-state index contributed by atoms with van der Waals surface area (Å²) in [5.41, 5.74) is 2.04. The van der Waals surface area contributed by atoms with Crippen molar-refractivity contribution in [3.8, 4) is 6.07 Å². The topological polar surface area (TPSA) is 91.8 Å². The Morgan fingerprint density at radius 1 is 1.59 bits per heavy atom. The van der Waals surface area contributed by atoms with Crippen LogP contribution in [-0.2, 0) is 0 Å². The second-order valence-corrected chi connectivity index (χ2v) is 3.60. The van der Waals surface area contributed by atoms with Gasteiger partial charge in [0.1, 0.15) is 6.54 Å². The van der Waals surface area contributed by atoms with Gasteiger partial charge in [-0.05, 0) is 19.9 Å². The SMILES string of the molecule is Cc1cc(C(=O)NCC#N)c2c(C)noc2n1. The van der Waals surface area contributed by atoms with Gasteiger partial charge in [-0.2, -0.15) is 5.26 Å². The molecule has 0 aliphatic heterocycles. The minimum atomic E-state index is -0.326. The molecule has 0 aromatic carbocycles. The first-order valence-electron chi connectivity index (χ1n) is 5.02. The smallest absolute Gasteiger partial charge is 0.258 e. The van der Waals surface area contributed by atoms with Gasteiger partial charge in [0.2, 0.25) is 0 Å². The number of fused-ring (bicyclic) bond motifs is 1. The Morgan fingerprint density at radius 3 is 3.06 bits per heavy atom. The lowest BCUT2D eigenvalue weighted by molar-refractivity contribution is 0.0960. The van der Waals surface area contributed by atoms with Crippen LogP contribution in [0.2, 0.25) is 0 Å². The highest BCUT2D eigenvalue weighted by Gasteiger charge is 2.17. The number of amides is 1. The van der Waals surface area contributed by atoms with Gasteiger partial charge >= 0.3 is 0 Å². The lowest BCUT2D eigenvalue weighted by atomic mass is 10.1. The van der Waals surface area contributed by atoms with E-state index < -0.39 is 0 Å². The summed E-state index contributed by atoms with van der Waals surface area (Å²) in [6.07, 6.45) is 0. The molecule has 1 amide bonds. The maximum Gasteiger partial charge on any atom is 0.258 e. The van der Waals surface area contributed by atoms with Crippen molar-refractivity contribution in [3.05, 3.63) is 23.0 Å². The fourth-order valence-electron chi connectivity index (χ4n) is 1.61. The van der Waals surface area contributed by atoms with Gasteiger partial charge < -0.3 is 9.84 Å². The van der Waals surface area contributed by atoms with E-state index in [1.54, 1.807) is 19.9 Å². The normalized spacial score (nSPS) is 10.2. The maximum atomic E-state index is 11.9. The lowest BCUT2D eigenvalue weighted by Gasteiger charge is -2.03. The van der Waals surface area contributed by atoms with E-state index in [2.05, 4.69) is 15.5 Å². The van der Waals surface area contributed by atoms with Crippen LogP contribution in [0.1, 0.15) is 21.7 Å². The van der Waals surface area contributed by atoms with E-state index in [0.29, 0.717) is 28.1 Å². The van der Waals surface area contributed by atoms with Gasteiger partial charge in [0.25, 0.3) is 11.6 Å². The van der Waals surface area contributed by atoms with Crippen molar-refractivity contribution in [2.45, 2.75) is 13.8 Å². The molecule has 6 nitrogen and oxygen atoms in total. The van der Waals surface area contributed by atoms with Crippen LogP contribution in [0.25, 0.3) is 11.1 Å². The fourth-order valence-corrected chi connectivity index (χ4v) is 1.61. The minimum absolute atomic E-state index is 0.0357. The zero-order valence-electron chi connectivity index (χ0n) is 9.44. The summed E-state index contributed by atoms with van der Waals surface area (Å²) in [6, 6.07) is 3.50. The van der Waals surface area contributed by atoms with Gasteiger partial charge in [0.05, 0.1) is 22.7 Å². The first kappa shape index (κ1) is 11.1. The molecule has 0 aliphatic rings. The van der Waals surface area contributed by atoms with Gasteiger partial charge in [-0.3, -0.25) is 4.79 Å². The molecule has 6 heteroatoms. The second kappa shape index (κ2) is 4.22. The molecule has 0 fully saturated rings. The average Bonchev–Trinajstić information content (AvgIpc) is 2.66. The first-order chi connectivity index (χ1) is 8.13. The zero-order chi connectivity index (χ0) is 12.4. The highest BCUT2D eigenvalue weighted by atomic mass is 16.5. The van der Waals surface area contributed by atoms with E-state index in [9.17, 15) is 4.79 Å². The summed E-state index contributed by atoms with van der Waals surface area (Å²) in [6.45, 7) is 3.47.